The van der Waals surface area contributed by atoms with Crippen LogP contribution < -0.4 is 10.6 Å². The van der Waals surface area contributed by atoms with E-state index < -0.39 is 40.9 Å². The predicted octanol–water partition coefficient (Wildman–Crippen LogP) is 4.38. The first-order valence-corrected chi connectivity index (χ1v) is 23.3. The molecule has 1 saturated heterocycles. The van der Waals surface area contributed by atoms with Gasteiger partial charge in [-0.3, -0.25) is 24.5 Å². The Morgan fingerprint density at radius 2 is 1.44 bits per heavy atom. The highest BCUT2D eigenvalue weighted by atomic mass is 16.6. The Labute approximate surface area is 397 Å². The molecule has 0 bridgehead atoms. The van der Waals surface area contributed by atoms with Crippen molar-refractivity contribution in [2.24, 2.45) is 22.7 Å². The Balaban J connectivity index is 0.849. The van der Waals surface area contributed by atoms with E-state index in [9.17, 15) is 33.9 Å². The Bertz CT molecular complexity index is 2170. The average molecular weight is 945 g/mol. The Hall–Kier alpha value is -5.48. The minimum absolute atomic E-state index is 0.0214. The SMILES string of the molecule is C#CCOCCOCCOCCOC(=O)CNCC(=O)Nc1ccc(C(=O)c2ccc(C(=O)OCCCC(=O)OC[C@@]3(C)C4CCC5(C)OC(C6=CCOC6=O)CC5[C@]4(C)CC[C@H]3O)cc2)cc1. The molecule has 2 saturated carbocycles. The fourth-order valence-corrected chi connectivity index (χ4v) is 10.3. The second kappa shape index (κ2) is 24.2. The van der Waals surface area contributed by atoms with Crippen LogP contribution in [0.5, 0.6) is 0 Å². The minimum Gasteiger partial charge on any atom is -0.465 e. The molecule has 0 radical (unpaired) electrons. The monoisotopic (exact) mass is 944 g/mol. The van der Waals surface area contributed by atoms with Gasteiger partial charge >= 0.3 is 23.9 Å². The number of nitrogens with one attached hydrogen (secondary N) is 2. The number of carbonyl (C=O) groups excluding carboxylic acids is 6. The zero-order valence-electron chi connectivity index (χ0n) is 39.2. The molecule has 6 rings (SSSR count). The first-order valence-electron chi connectivity index (χ1n) is 23.3. The third-order valence-electron chi connectivity index (χ3n) is 13.8. The molecule has 0 spiro atoms. The molecular weight excluding hydrogens is 881 g/mol. The van der Waals surface area contributed by atoms with Crippen LogP contribution in [0.3, 0.4) is 0 Å². The molecule has 2 heterocycles. The van der Waals surface area contributed by atoms with Crippen molar-refractivity contribution in [2.45, 2.75) is 83.5 Å². The topological polar surface area (TPSA) is 221 Å². The molecule has 17 nitrogen and oxygen atoms in total. The molecule has 368 valence electrons. The summed E-state index contributed by atoms with van der Waals surface area (Å²) in [5.74, 6) is -0.0255. The van der Waals surface area contributed by atoms with Crippen molar-refractivity contribution in [1.29, 1.82) is 0 Å². The molecule has 2 aliphatic heterocycles. The highest BCUT2D eigenvalue weighted by Gasteiger charge is 2.65. The summed E-state index contributed by atoms with van der Waals surface area (Å²) in [6.07, 6.45) is 9.82. The zero-order valence-corrected chi connectivity index (χ0v) is 39.2. The highest BCUT2D eigenvalue weighted by molar-refractivity contribution is 6.09. The lowest BCUT2D eigenvalue weighted by Crippen LogP contribution is -2.61. The van der Waals surface area contributed by atoms with Crippen LogP contribution in [0.15, 0.2) is 60.2 Å². The van der Waals surface area contributed by atoms with Crippen molar-refractivity contribution in [2.75, 3.05) is 84.5 Å². The number of fused-ring (bicyclic) bond motifs is 3. The van der Waals surface area contributed by atoms with Gasteiger partial charge in [-0.25, -0.2) is 9.59 Å². The maximum atomic E-state index is 13.2. The fraction of sp³-hybridized carbons (Fsp3) is 0.569. The van der Waals surface area contributed by atoms with E-state index in [1.165, 1.54) is 24.3 Å². The third kappa shape index (κ3) is 13.2. The quantitative estimate of drug-likeness (QED) is 0.0414. The van der Waals surface area contributed by atoms with E-state index in [0.717, 1.165) is 19.3 Å². The van der Waals surface area contributed by atoms with Crippen LogP contribution in [0.1, 0.15) is 92.0 Å². The van der Waals surface area contributed by atoms with E-state index in [4.69, 9.17) is 44.3 Å². The summed E-state index contributed by atoms with van der Waals surface area (Å²) in [6.45, 7) is 8.36. The maximum absolute atomic E-state index is 13.2. The molecule has 7 atom stereocenters. The van der Waals surface area contributed by atoms with Crippen molar-refractivity contribution < 1.29 is 71.8 Å². The van der Waals surface area contributed by atoms with Gasteiger partial charge in [0.15, 0.2) is 5.78 Å². The zero-order chi connectivity index (χ0) is 48.7. The minimum atomic E-state index is -0.677. The molecule has 4 aliphatic rings. The predicted molar refractivity (Wildman–Crippen MR) is 245 cm³/mol. The molecule has 17 heteroatoms. The van der Waals surface area contributed by atoms with Gasteiger partial charge < -0.3 is 48.3 Å². The summed E-state index contributed by atoms with van der Waals surface area (Å²) >= 11 is 0. The van der Waals surface area contributed by atoms with Crippen LogP contribution in [-0.2, 0) is 57.1 Å². The van der Waals surface area contributed by atoms with Crippen LogP contribution in [0, 0.1) is 35.0 Å². The van der Waals surface area contributed by atoms with E-state index in [1.54, 1.807) is 24.3 Å². The molecule has 1 amide bonds. The number of carbonyl (C=O) groups is 6. The number of anilines is 1. The number of ketones is 1. The number of ether oxygens (including phenoxy) is 8. The molecule has 3 N–H and O–H groups in total. The molecule has 2 aromatic rings. The Morgan fingerprint density at radius 1 is 0.779 bits per heavy atom. The van der Waals surface area contributed by atoms with E-state index in [1.807, 2.05) is 13.0 Å². The second-order valence-electron chi connectivity index (χ2n) is 18.4. The van der Waals surface area contributed by atoms with Crippen LogP contribution in [0.4, 0.5) is 5.69 Å². The first kappa shape index (κ1) is 51.9. The number of aliphatic hydroxyl groups is 1. The van der Waals surface area contributed by atoms with Gasteiger partial charge in [-0.15, -0.1) is 6.42 Å². The summed E-state index contributed by atoms with van der Waals surface area (Å²) in [7, 11) is 0. The summed E-state index contributed by atoms with van der Waals surface area (Å²) in [5.41, 5.74) is 0.693. The Morgan fingerprint density at radius 3 is 2.12 bits per heavy atom. The molecular formula is C51H64N2O15. The Kier molecular flexibility index (Phi) is 18.5. The van der Waals surface area contributed by atoms with Gasteiger partial charge in [-0.1, -0.05) is 31.9 Å². The molecule has 68 heavy (non-hydrogen) atoms. The number of hydrogen-bond acceptors (Lipinski definition) is 16. The van der Waals surface area contributed by atoms with Gasteiger partial charge in [-0.2, -0.15) is 0 Å². The standard InChI is InChI=1S/C51H64N2O15/c1-5-21-61-24-25-62-26-27-63-28-29-64-45(57)32-52-31-43(55)53-37-14-12-35(13-15-37)46(58)34-8-10-36(11-9-34)47(59)65-22-6-7-44(56)67-33-50(3)40-16-20-51(4)41(49(40,2)19-17-42(50)54)30-39(68-51)38-18-23-66-48(38)60/h1,8-15,18,39-42,52,54H,6-7,16-17,19-33H2,2-4H3,(H,53,55)/t39?,40?,41?,42-,49-,50+,51?/m1/s1. The van der Waals surface area contributed by atoms with E-state index in [-0.39, 0.29) is 106 Å². The lowest BCUT2D eigenvalue weighted by Gasteiger charge is -2.61. The van der Waals surface area contributed by atoms with E-state index in [2.05, 4.69) is 30.4 Å². The van der Waals surface area contributed by atoms with E-state index in [0.29, 0.717) is 61.7 Å². The smallest absolute Gasteiger partial charge is 0.338 e. The number of amides is 1. The van der Waals surface area contributed by atoms with Crippen molar-refractivity contribution in [3.05, 3.63) is 76.9 Å². The van der Waals surface area contributed by atoms with Crippen LogP contribution in [0.25, 0.3) is 0 Å². The van der Waals surface area contributed by atoms with Crippen LogP contribution in [0.2, 0.25) is 0 Å². The lowest BCUT2D eigenvalue weighted by atomic mass is 9.44. The number of benzene rings is 2. The number of terminal acetylenes is 1. The molecule has 0 aromatic heterocycles. The summed E-state index contributed by atoms with van der Waals surface area (Å²) in [5, 5.41) is 16.8. The van der Waals surface area contributed by atoms with Gasteiger partial charge in [0.2, 0.25) is 5.91 Å². The van der Waals surface area contributed by atoms with Crippen LogP contribution >= 0.6 is 0 Å². The number of cyclic esters (lactones) is 1. The molecule has 2 aliphatic carbocycles. The second-order valence-corrected chi connectivity index (χ2v) is 18.4. The number of rotatable bonds is 25. The number of hydrogen-bond donors (Lipinski definition) is 3. The van der Waals surface area contributed by atoms with Crippen molar-refractivity contribution in [1.82, 2.24) is 5.32 Å². The van der Waals surface area contributed by atoms with Crippen molar-refractivity contribution in [3.63, 3.8) is 0 Å². The van der Waals surface area contributed by atoms with Gasteiger partial charge in [0.1, 0.15) is 19.8 Å². The van der Waals surface area contributed by atoms with E-state index >= 15 is 0 Å². The van der Waals surface area contributed by atoms with Gasteiger partial charge in [0.05, 0.1) is 88.3 Å². The van der Waals surface area contributed by atoms with Crippen molar-refractivity contribution >= 4 is 41.3 Å². The molecule has 3 fully saturated rings. The molecule has 4 unspecified atom stereocenters. The average Bonchev–Trinajstić information content (AvgIpc) is 3.93. The molecule has 2 aromatic carbocycles. The van der Waals surface area contributed by atoms with Crippen molar-refractivity contribution in [3.8, 4) is 12.3 Å². The number of aliphatic hydroxyl groups excluding tert-OH is 1. The summed E-state index contributed by atoms with van der Waals surface area (Å²) in [4.78, 5) is 75.7. The summed E-state index contributed by atoms with van der Waals surface area (Å²) in [6, 6.07) is 12.3. The first-order chi connectivity index (χ1) is 32.7. The van der Waals surface area contributed by atoms with Gasteiger partial charge in [-0.05, 0) is 105 Å². The third-order valence-corrected chi connectivity index (χ3v) is 13.8. The maximum Gasteiger partial charge on any atom is 0.338 e. The fourth-order valence-electron chi connectivity index (χ4n) is 10.3. The lowest BCUT2D eigenvalue weighted by molar-refractivity contribution is -0.203. The number of esters is 4. The van der Waals surface area contributed by atoms with Gasteiger partial charge in [0, 0.05) is 28.7 Å². The highest BCUT2D eigenvalue weighted by Crippen LogP contribution is 2.66. The largest absolute Gasteiger partial charge is 0.465 e. The summed E-state index contributed by atoms with van der Waals surface area (Å²) < 4.78 is 43.8. The van der Waals surface area contributed by atoms with Crippen LogP contribution in [-0.4, -0.2) is 138 Å². The van der Waals surface area contributed by atoms with Gasteiger partial charge in [0.25, 0.3) is 0 Å². The normalized spacial score (nSPS) is 26.0.